The molecule has 1 aliphatic carbocycles. The minimum Gasteiger partial charge on any atom is -0.326 e. The van der Waals surface area contributed by atoms with Crippen LogP contribution in [0.15, 0.2) is 18.2 Å². The summed E-state index contributed by atoms with van der Waals surface area (Å²) in [5, 5.41) is 21.8. The monoisotopic (exact) mass is 308 g/mol. The van der Waals surface area contributed by atoms with Crippen LogP contribution in [0.25, 0.3) is 0 Å². The number of hydrogen-bond acceptors (Lipinski definition) is 7. The molecule has 0 radical (unpaired) electrons. The molecule has 9 heteroatoms. The molecule has 0 aromatic heterocycles. The van der Waals surface area contributed by atoms with E-state index in [9.17, 15) is 25.0 Å². The maximum atomic E-state index is 12.6. The Kier molecular flexibility index (Phi) is 4.20. The highest BCUT2D eigenvalue weighted by molar-refractivity contribution is 6.04. The summed E-state index contributed by atoms with van der Waals surface area (Å²) in [7, 11) is 0. The van der Waals surface area contributed by atoms with Crippen molar-refractivity contribution in [2.75, 3.05) is 0 Å². The second kappa shape index (κ2) is 5.78. The van der Waals surface area contributed by atoms with Gasteiger partial charge in [0.25, 0.3) is 11.4 Å². The summed E-state index contributed by atoms with van der Waals surface area (Å²) < 4.78 is 0. The Hall–Kier alpha value is -2.39. The normalized spacial score (nSPS) is 24.7. The average Bonchev–Trinajstić information content (AvgIpc) is 2.49. The minimum absolute atomic E-state index is 0.152. The first kappa shape index (κ1) is 16.0. The van der Waals surface area contributed by atoms with E-state index in [1.807, 2.05) is 0 Å². The number of nitro benzene ring substituents is 2. The number of nitrogens with zero attached hydrogens (tertiary/aromatic N) is 2. The van der Waals surface area contributed by atoms with E-state index in [1.165, 1.54) is 0 Å². The van der Waals surface area contributed by atoms with Gasteiger partial charge in [-0.05, 0) is 12.8 Å². The van der Waals surface area contributed by atoms with Crippen molar-refractivity contribution in [3.8, 4) is 0 Å². The molecule has 1 aromatic carbocycles. The average molecular weight is 308 g/mol. The molecule has 0 saturated heterocycles. The highest BCUT2D eigenvalue weighted by atomic mass is 16.6. The summed E-state index contributed by atoms with van der Waals surface area (Å²) in [6.07, 6.45) is 2.48. The van der Waals surface area contributed by atoms with Crippen LogP contribution in [0.5, 0.6) is 0 Å². The molecule has 22 heavy (non-hydrogen) atoms. The molecule has 1 saturated carbocycles. The van der Waals surface area contributed by atoms with Crippen molar-refractivity contribution in [2.45, 2.75) is 37.3 Å². The number of nitrogens with two attached hydrogens (primary N) is 2. The van der Waals surface area contributed by atoms with Gasteiger partial charge in [0, 0.05) is 23.7 Å². The lowest BCUT2D eigenvalue weighted by Crippen LogP contribution is -2.62. The number of hydrogen-bond donors (Lipinski definition) is 2. The highest BCUT2D eigenvalue weighted by Gasteiger charge is 2.42. The number of ketones is 1. The van der Waals surface area contributed by atoms with E-state index in [2.05, 4.69) is 0 Å². The quantitative estimate of drug-likeness (QED) is 0.482. The Morgan fingerprint density at radius 1 is 1.14 bits per heavy atom. The molecule has 1 aromatic rings. The number of benzene rings is 1. The van der Waals surface area contributed by atoms with Gasteiger partial charge >= 0.3 is 0 Å². The van der Waals surface area contributed by atoms with Crippen LogP contribution in [0, 0.1) is 20.2 Å². The zero-order valence-corrected chi connectivity index (χ0v) is 11.7. The summed E-state index contributed by atoms with van der Waals surface area (Å²) in [4.78, 5) is 32.8. The molecule has 0 heterocycles. The van der Waals surface area contributed by atoms with E-state index in [0.29, 0.717) is 19.3 Å². The van der Waals surface area contributed by atoms with Gasteiger partial charge in [0.15, 0.2) is 5.78 Å². The maximum absolute atomic E-state index is 12.6. The Morgan fingerprint density at radius 3 is 2.14 bits per heavy atom. The summed E-state index contributed by atoms with van der Waals surface area (Å²) >= 11 is 0. The fourth-order valence-corrected chi connectivity index (χ4v) is 2.71. The van der Waals surface area contributed by atoms with Crippen molar-refractivity contribution in [1.29, 1.82) is 0 Å². The molecule has 0 spiro atoms. The van der Waals surface area contributed by atoms with Gasteiger partial charge in [0.1, 0.15) is 0 Å². The zero-order valence-electron chi connectivity index (χ0n) is 11.7. The van der Waals surface area contributed by atoms with Crippen LogP contribution >= 0.6 is 0 Å². The first-order chi connectivity index (χ1) is 10.3. The number of carbonyl (C=O) groups is 1. The Morgan fingerprint density at radius 2 is 1.68 bits per heavy atom. The van der Waals surface area contributed by atoms with Crippen molar-refractivity contribution >= 4 is 17.2 Å². The van der Waals surface area contributed by atoms with Gasteiger partial charge in [-0.2, -0.15) is 0 Å². The Balaban J connectivity index is 2.48. The first-order valence-corrected chi connectivity index (χ1v) is 6.79. The molecule has 0 aliphatic heterocycles. The van der Waals surface area contributed by atoms with E-state index in [1.54, 1.807) is 0 Å². The van der Waals surface area contributed by atoms with Gasteiger partial charge in [-0.15, -0.1) is 0 Å². The molecule has 4 N–H and O–H groups in total. The minimum atomic E-state index is -1.35. The lowest BCUT2D eigenvalue weighted by molar-refractivity contribution is -0.394. The summed E-state index contributed by atoms with van der Waals surface area (Å²) in [6, 6.07) is 2.24. The van der Waals surface area contributed by atoms with Gasteiger partial charge in [-0.25, -0.2) is 0 Å². The molecular formula is C13H16N4O5. The predicted molar refractivity (Wildman–Crippen MR) is 77.4 cm³/mol. The van der Waals surface area contributed by atoms with E-state index in [4.69, 9.17) is 11.5 Å². The standard InChI is InChI=1S/C13H16N4O5/c14-11-3-1-2-4-13(11,15)12(18)8-5-9(16(19)20)7-10(6-8)17(21)22/h5-7,11H,1-4,14-15H2/t11-,13-/m1/s1. The number of non-ortho nitro benzene ring substituents is 2. The van der Waals surface area contributed by atoms with Crippen molar-refractivity contribution < 1.29 is 14.6 Å². The molecule has 2 atom stereocenters. The second-order valence-corrected chi connectivity index (χ2v) is 5.47. The summed E-state index contributed by atoms with van der Waals surface area (Å²) in [6.45, 7) is 0. The number of Topliss-reactive ketones (excluding diaryl/α,β-unsaturated/α-hetero) is 1. The van der Waals surface area contributed by atoms with Gasteiger partial charge in [-0.3, -0.25) is 25.0 Å². The predicted octanol–water partition coefficient (Wildman–Crippen LogP) is 1.28. The number of nitro groups is 2. The van der Waals surface area contributed by atoms with Crippen LogP contribution in [0.4, 0.5) is 11.4 Å². The van der Waals surface area contributed by atoms with E-state index >= 15 is 0 Å². The first-order valence-electron chi connectivity index (χ1n) is 6.79. The molecule has 118 valence electrons. The number of carbonyl (C=O) groups excluding carboxylic acids is 1. The summed E-state index contributed by atoms with van der Waals surface area (Å²) in [5.41, 5.74) is 9.51. The van der Waals surface area contributed by atoms with Crippen LogP contribution in [0.2, 0.25) is 0 Å². The van der Waals surface area contributed by atoms with Crippen molar-refractivity contribution in [1.82, 2.24) is 0 Å². The van der Waals surface area contributed by atoms with Crippen LogP contribution in [0.1, 0.15) is 36.0 Å². The van der Waals surface area contributed by atoms with Crippen molar-refractivity contribution in [2.24, 2.45) is 11.5 Å². The van der Waals surface area contributed by atoms with Crippen LogP contribution < -0.4 is 11.5 Å². The fourth-order valence-electron chi connectivity index (χ4n) is 2.71. The molecule has 1 fully saturated rings. The Bertz CT molecular complexity index is 615. The van der Waals surface area contributed by atoms with E-state index in [-0.39, 0.29) is 5.56 Å². The maximum Gasteiger partial charge on any atom is 0.277 e. The largest absolute Gasteiger partial charge is 0.326 e. The SMILES string of the molecule is N[C@@H]1CCCC[C@]1(N)C(=O)c1cc([N+](=O)[O-])cc([N+](=O)[O-])c1. The second-order valence-electron chi connectivity index (χ2n) is 5.47. The van der Waals surface area contributed by atoms with Crippen LogP contribution in [-0.4, -0.2) is 27.2 Å². The van der Waals surface area contributed by atoms with Crippen LogP contribution in [0.3, 0.4) is 0 Å². The lowest BCUT2D eigenvalue weighted by atomic mass is 9.74. The van der Waals surface area contributed by atoms with Crippen molar-refractivity contribution in [3.05, 3.63) is 44.0 Å². The van der Waals surface area contributed by atoms with Gasteiger partial charge in [0.05, 0.1) is 21.5 Å². The smallest absolute Gasteiger partial charge is 0.277 e. The Labute approximate surface area is 125 Å². The summed E-state index contributed by atoms with van der Waals surface area (Å²) in [5.74, 6) is -0.591. The van der Waals surface area contributed by atoms with Crippen molar-refractivity contribution in [3.63, 3.8) is 0 Å². The van der Waals surface area contributed by atoms with Crippen LogP contribution in [-0.2, 0) is 0 Å². The van der Waals surface area contributed by atoms with Gasteiger partial charge < -0.3 is 11.5 Å². The van der Waals surface area contributed by atoms with Gasteiger partial charge in [0.2, 0.25) is 0 Å². The zero-order chi connectivity index (χ0) is 16.5. The molecule has 1 aliphatic rings. The molecule has 0 unspecified atom stereocenters. The van der Waals surface area contributed by atoms with Gasteiger partial charge in [-0.1, -0.05) is 12.8 Å². The molecule has 0 bridgehead atoms. The molecular weight excluding hydrogens is 292 g/mol. The number of rotatable bonds is 4. The third-order valence-electron chi connectivity index (χ3n) is 4.03. The molecule has 0 amide bonds. The third-order valence-corrected chi connectivity index (χ3v) is 4.03. The molecule has 9 nitrogen and oxygen atoms in total. The lowest BCUT2D eigenvalue weighted by Gasteiger charge is -2.37. The topological polar surface area (TPSA) is 155 Å². The highest BCUT2D eigenvalue weighted by Crippen LogP contribution is 2.31. The van der Waals surface area contributed by atoms with E-state index < -0.39 is 38.6 Å². The molecule has 2 rings (SSSR count). The fraction of sp³-hybridized carbons (Fsp3) is 0.462. The third kappa shape index (κ3) is 2.81. The van der Waals surface area contributed by atoms with E-state index in [0.717, 1.165) is 24.6 Å².